The van der Waals surface area contributed by atoms with Crippen molar-refractivity contribution in [3.63, 3.8) is 0 Å². The monoisotopic (exact) mass is 212 g/mol. The molecule has 0 aromatic carbocycles. The highest BCUT2D eigenvalue weighted by Gasteiger charge is 2.37. The lowest BCUT2D eigenvalue weighted by Gasteiger charge is -2.29. The van der Waals surface area contributed by atoms with E-state index in [0.29, 0.717) is 6.54 Å². The molecule has 2 N–H and O–H groups in total. The van der Waals surface area contributed by atoms with Crippen molar-refractivity contribution in [1.82, 2.24) is 10.2 Å². The molecule has 0 aromatic rings. The highest BCUT2D eigenvalue weighted by atomic mass is 16.4. The van der Waals surface area contributed by atoms with E-state index in [1.165, 1.54) is 6.42 Å². The first-order valence-electron chi connectivity index (χ1n) is 5.48. The third-order valence-corrected chi connectivity index (χ3v) is 3.25. The summed E-state index contributed by atoms with van der Waals surface area (Å²) < 4.78 is 0. The van der Waals surface area contributed by atoms with Gasteiger partial charge in [-0.25, -0.2) is 9.59 Å². The van der Waals surface area contributed by atoms with Crippen molar-refractivity contribution in [3.8, 4) is 0 Å². The molecule has 1 atom stereocenters. The van der Waals surface area contributed by atoms with Crippen LogP contribution in [0.5, 0.6) is 0 Å². The number of nitrogens with zero attached hydrogens (tertiary/aromatic N) is 1. The molecular weight excluding hydrogens is 196 g/mol. The van der Waals surface area contributed by atoms with Crippen LogP contribution in [0.15, 0.2) is 0 Å². The number of carbonyl (C=O) groups is 2. The Kier molecular flexibility index (Phi) is 2.79. The Labute approximate surface area is 88.4 Å². The lowest BCUT2D eigenvalue weighted by Crippen LogP contribution is -2.39. The van der Waals surface area contributed by atoms with Gasteiger partial charge in [-0.3, -0.25) is 0 Å². The number of aliphatic carboxylic acids is 1. The summed E-state index contributed by atoms with van der Waals surface area (Å²) in [6, 6.07) is -0.683. The van der Waals surface area contributed by atoms with E-state index >= 15 is 0 Å². The first-order valence-corrected chi connectivity index (χ1v) is 5.48. The van der Waals surface area contributed by atoms with Gasteiger partial charge in [0.15, 0.2) is 0 Å². The first kappa shape index (κ1) is 10.3. The van der Waals surface area contributed by atoms with Crippen LogP contribution in [-0.2, 0) is 4.79 Å². The van der Waals surface area contributed by atoms with Crippen LogP contribution in [0, 0.1) is 0 Å². The summed E-state index contributed by atoms with van der Waals surface area (Å²) in [5.74, 6) is -0.943. The largest absolute Gasteiger partial charge is 0.480 e. The Morgan fingerprint density at radius 3 is 2.53 bits per heavy atom. The summed E-state index contributed by atoms with van der Waals surface area (Å²) in [5.41, 5.74) is 0. The molecule has 5 nitrogen and oxygen atoms in total. The van der Waals surface area contributed by atoms with E-state index in [4.69, 9.17) is 5.11 Å². The molecule has 5 heteroatoms. The van der Waals surface area contributed by atoms with E-state index in [0.717, 1.165) is 25.7 Å². The SMILES string of the molecule is O=C(O)C1CN(C2CCCCC2)C(=O)N1. The first-order chi connectivity index (χ1) is 7.18. The van der Waals surface area contributed by atoms with Crippen LogP contribution in [-0.4, -0.2) is 40.6 Å². The number of amides is 2. The Morgan fingerprint density at radius 2 is 2.00 bits per heavy atom. The molecule has 0 bridgehead atoms. The normalized spacial score (nSPS) is 27.9. The highest BCUT2D eigenvalue weighted by Crippen LogP contribution is 2.24. The summed E-state index contributed by atoms with van der Waals surface area (Å²) in [5, 5.41) is 11.3. The van der Waals surface area contributed by atoms with Gasteiger partial charge in [-0.15, -0.1) is 0 Å². The van der Waals surface area contributed by atoms with Crippen molar-refractivity contribution in [1.29, 1.82) is 0 Å². The Morgan fingerprint density at radius 1 is 1.33 bits per heavy atom. The molecule has 2 rings (SSSR count). The van der Waals surface area contributed by atoms with Crippen molar-refractivity contribution >= 4 is 12.0 Å². The zero-order valence-corrected chi connectivity index (χ0v) is 8.61. The second kappa shape index (κ2) is 4.08. The van der Waals surface area contributed by atoms with E-state index in [9.17, 15) is 9.59 Å². The maximum atomic E-state index is 11.5. The molecular formula is C10H16N2O3. The van der Waals surface area contributed by atoms with E-state index < -0.39 is 12.0 Å². The molecule has 1 heterocycles. The van der Waals surface area contributed by atoms with Gasteiger partial charge in [0, 0.05) is 6.04 Å². The molecule has 0 spiro atoms. The van der Waals surface area contributed by atoms with Gasteiger partial charge in [0.1, 0.15) is 6.04 Å². The molecule has 1 saturated carbocycles. The van der Waals surface area contributed by atoms with Crippen LogP contribution in [0.2, 0.25) is 0 Å². The number of carboxylic acid groups (broad SMARTS) is 1. The summed E-state index contributed by atoms with van der Waals surface area (Å²) in [6.07, 6.45) is 5.55. The predicted octanol–water partition coefficient (Wildman–Crippen LogP) is 0.797. The van der Waals surface area contributed by atoms with Crippen LogP contribution >= 0.6 is 0 Å². The molecule has 1 aliphatic carbocycles. The smallest absolute Gasteiger partial charge is 0.328 e. The van der Waals surface area contributed by atoms with Crippen molar-refractivity contribution in [2.24, 2.45) is 0 Å². The van der Waals surface area contributed by atoms with E-state index in [-0.39, 0.29) is 12.1 Å². The predicted molar refractivity (Wildman–Crippen MR) is 53.5 cm³/mol. The van der Waals surface area contributed by atoms with Gasteiger partial charge >= 0.3 is 12.0 Å². The van der Waals surface area contributed by atoms with E-state index in [1.807, 2.05) is 0 Å². The summed E-state index contributed by atoms with van der Waals surface area (Å²) in [6.45, 7) is 0.318. The molecule has 84 valence electrons. The van der Waals surface area contributed by atoms with Crippen molar-refractivity contribution < 1.29 is 14.7 Å². The number of rotatable bonds is 2. The summed E-state index contributed by atoms with van der Waals surface area (Å²) >= 11 is 0. The van der Waals surface area contributed by atoms with Crippen molar-refractivity contribution in [2.45, 2.75) is 44.2 Å². The number of hydrogen-bond donors (Lipinski definition) is 2. The molecule has 2 fully saturated rings. The maximum absolute atomic E-state index is 11.5. The topological polar surface area (TPSA) is 69.6 Å². The number of nitrogens with one attached hydrogen (secondary N) is 1. The fourth-order valence-electron chi connectivity index (χ4n) is 2.40. The second-order valence-electron chi connectivity index (χ2n) is 4.28. The van der Waals surface area contributed by atoms with E-state index in [1.54, 1.807) is 4.90 Å². The van der Waals surface area contributed by atoms with Gasteiger partial charge in [-0.1, -0.05) is 19.3 Å². The second-order valence-corrected chi connectivity index (χ2v) is 4.28. The number of carbonyl (C=O) groups excluding carboxylic acids is 1. The van der Waals surface area contributed by atoms with Crippen LogP contribution in [0.25, 0.3) is 0 Å². The third kappa shape index (κ3) is 2.06. The van der Waals surface area contributed by atoms with Crippen LogP contribution in [0.1, 0.15) is 32.1 Å². The van der Waals surface area contributed by atoms with Crippen LogP contribution < -0.4 is 5.32 Å². The Balaban J connectivity index is 1.97. The van der Waals surface area contributed by atoms with Gasteiger partial charge in [-0.2, -0.15) is 0 Å². The zero-order chi connectivity index (χ0) is 10.8. The molecule has 15 heavy (non-hydrogen) atoms. The Hall–Kier alpha value is -1.26. The van der Waals surface area contributed by atoms with Crippen molar-refractivity contribution in [3.05, 3.63) is 0 Å². The number of hydrogen-bond acceptors (Lipinski definition) is 2. The van der Waals surface area contributed by atoms with Crippen LogP contribution in [0.4, 0.5) is 4.79 Å². The van der Waals surface area contributed by atoms with E-state index in [2.05, 4.69) is 5.32 Å². The standard InChI is InChI=1S/C10H16N2O3/c13-9(14)8-6-12(10(15)11-8)7-4-2-1-3-5-7/h7-8H,1-6H2,(H,11,15)(H,13,14). The molecule has 1 aliphatic heterocycles. The fraction of sp³-hybridized carbons (Fsp3) is 0.800. The molecule has 1 saturated heterocycles. The van der Waals surface area contributed by atoms with Gasteiger partial charge in [0.2, 0.25) is 0 Å². The zero-order valence-electron chi connectivity index (χ0n) is 8.61. The lowest BCUT2D eigenvalue weighted by atomic mass is 9.94. The van der Waals surface area contributed by atoms with Crippen LogP contribution in [0.3, 0.4) is 0 Å². The van der Waals surface area contributed by atoms with Gasteiger partial charge in [0.05, 0.1) is 6.54 Å². The molecule has 1 unspecified atom stereocenters. The average Bonchev–Trinajstić information content (AvgIpc) is 2.62. The quantitative estimate of drug-likeness (QED) is 0.711. The number of urea groups is 1. The van der Waals surface area contributed by atoms with Gasteiger partial charge in [0.25, 0.3) is 0 Å². The Bertz CT molecular complexity index is 274. The molecule has 2 aliphatic rings. The third-order valence-electron chi connectivity index (χ3n) is 3.25. The fourth-order valence-corrected chi connectivity index (χ4v) is 2.40. The summed E-state index contributed by atoms with van der Waals surface area (Å²) in [7, 11) is 0. The summed E-state index contributed by atoms with van der Waals surface area (Å²) in [4.78, 5) is 24.0. The highest BCUT2D eigenvalue weighted by molar-refractivity contribution is 5.86. The van der Waals surface area contributed by atoms with Gasteiger partial charge < -0.3 is 15.3 Å². The minimum Gasteiger partial charge on any atom is -0.480 e. The van der Waals surface area contributed by atoms with Crippen molar-refractivity contribution in [2.75, 3.05) is 6.54 Å². The molecule has 0 radical (unpaired) electrons. The molecule has 2 amide bonds. The molecule has 0 aromatic heterocycles. The average molecular weight is 212 g/mol. The maximum Gasteiger partial charge on any atom is 0.328 e. The minimum atomic E-state index is -0.943. The van der Waals surface area contributed by atoms with Gasteiger partial charge in [-0.05, 0) is 12.8 Å². The minimum absolute atomic E-state index is 0.214. The lowest BCUT2D eigenvalue weighted by molar-refractivity contribution is -0.138. The number of carboxylic acids is 1.